The third kappa shape index (κ3) is 73.0. The zero-order valence-electron chi connectivity index (χ0n) is 57.0. The Morgan fingerprint density at radius 1 is 0.265 bits per heavy atom. The SMILES string of the molecule is CCCCCCCCCC/C=C\CCCCCCCCCCCCCCCCCCCCCC(=O)OC(CO)COC(=O)CCCCCCCCCCCCCCCCCCCCCCCCCCCCCCCCCCCCCCCC. The van der Waals surface area contributed by atoms with Gasteiger partial charge in [0.05, 0.1) is 6.61 Å². The molecule has 1 atom stereocenters. The molecule has 0 aliphatic carbocycles. The highest BCUT2D eigenvalue weighted by atomic mass is 16.6. The zero-order valence-corrected chi connectivity index (χ0v) is 57.0. The first-order valence-electron chi connectivity index (χ1n) is 38.7. The molecule has 0 radical (unpaired) electrons. The van der Waals surface area contributed by atoms with Crippen molar-refractivity contribution in [2.45, 2.75) is 463 Å². The van der Waals surface area contributed by atoms with E-state index >= 15 is 0 Å². The van der Waals surface area contributed by atoms with Crippen molar-refractivity contribution in [2.24, 2.45) is 0 Å². The van der Waals surface area contributed by atoms with E-state index in [1.54, 1.807) is 0 Å². The number of unbranched alkanes of at least 4 members (excludes halogenated alkanes) is 64. The summed E-state index contributed by atoms with van der Waals surface area (Å²) < 4.78 is 10.8. The Bertz CT molecular complexity index is 1230. The van der Waals surface area contributed by atoms with E-state index in [1.807, 2.05) is 0 Å². The second-order valence-corrected chi connectivity index (χ2v) is 26.8. The Hall–Kier alpha value is -1.36. The molecule has 0 amide bonds. The number of aliphatic hydroxyl groups excluding tert-OH is 1. The number of esters is 2. The fourth-order valence-corrected chi connectivity index (χ4v) is 12.5. The van der Waals surface area contributed by atoms with E-state index in [9.17, 15) is 14.7 Å². The summed E-state index contributed by atoms with van der Waals surface area (Å²) in [7, 11) is 0. The maximum absolute atomic E-state index is 12.4. The van der Waals surface area contributed by atoms with Gasteiger partial charge < -0.3 is 14.6 Å². The summed E-state index contributed by atoms with van der Waals surface area (Å²) in [5.41, 5.74) is 0. The molecule has 0 aliphatic rings. The van der Waals surface area contributed by atoms with Crippen molar-refractivity contribution in [3.05, 3.63) is 12.2 Å². The number of rotatable bonds is 74. The number of hydrogen-bond donors (Lipinski definition) is 1. The van der Waals surface area contributed by atoms with E-state index in [4.69, 9.17) is 9.47 Å². The van der Waals surface area contributed by atoms with Crippen LogP contribution in [-0.4, -0.2) is 36.4 Å². The molecule has 1 N–H and O–H groups in total. The van der Waals surface area contributed by atoms with Crippen LogP contribution in [0.25, 0.3) is 0 Å². The molecule has 0 aromatic heterocycles. The van der Waals surface area contributed by atoms with E-state index < -0.39 is 6.10 Å². The number of ether oxygens (including phenoxy) is 2. The minimum Gasteiger partial charge on any atom is -0.462 e. The van der Waals surface area contributed by atoms with Crippen LogP contribution in [0.2, 0.25) is 0 Å². The van der Waals surface area contributed by atoms with E-state index in [0.717, 1.165) is 32.1 Å². The van der Waals surface area contributed by atoms with E-state index in [1.165, 1.54) is 398 Å². The Morgan fingerprint density at radius 3 is 0.651 bits per heavy atom. The van der Waals surface area contributed by atoms with Gasteiger partial charge in [-0.15, -0.1) is 0 Å². The molecular weight excluding hydrogens is 1020 g/mol. The second-order valence-electron chi connectivity index (χ2n) is 26.8. The highest BCUT2D eigenvalue weighted by Crippen LogP contribution is 2.20. The van der Waals surface area contributed by atoms with Crippen molar-refractivity contribution in [1.82, 2.24) is 0 Å². The van der Waals surface area contributed by atoms with Gasteiger partial charge in [-0.05, 0) is 38.5 Å². The number of carbonyl (C=O) groups excluding carboxylic acids is 2. The molecule has 5 nitrogen and oxygen atoms in total. The molecule has 1 unspecified atom stereocenters. The Kier molecular flexibility index (Phi) is 73.7. The Morgan fingerprint density at radius 2 is 0.446 bits per heavy atom. The molecule has 5 heteroatoms. The summed E-state index contributed by atoms with van der Waals surface area (Å²) in [6.45, 7) is 4.22. The fraction of sp³-hybridized carbons (Fsp3) is 0.949. The standard InChI is InChI=1S/C78H152O5/c1-3-5-7-9-11-13-15-17-19-21-23-25-27-29-31-33-35-36-37-38-39-40-41-43-44-46-48-50-52-54-56-58-60-62-64-66-68-70-72-77(80)82-75-76(74-79)83-78(81)73-71-69-67-65-63-61-59-57-55-53-51-49-47-45-42-34-32-30-28-26-24-22-20-18-16-14-12-10-8-6-4-2/h22,24,76,79H,3-21,23,25-75H2,1-2H3/b24-22-. The van der Waals surface area contributed by atoms with Crippen LogP contribution in [-0.2, 0) is 19.1 Å². The lowest BCUT2D eigenvalue weighted by atomic mass is 10.0. The first kappa shape index (κ1) is 81.6. The van der Waals surface area contributed by atoms with Crippen LogP contribution in [0.4, 0.5) is 0 Å². The van der Waals surface area contributed by atoms with Gasteiger partial charge in [0.25, 0.3) is 0 Å². The maximum Gasteiger partial charge on any atom is 0.306 e. The predicted molar refractivity (Wildman–Crippen MR) is 367 cm³/mol. The number of allylic oxidation sites excluding steroid dienone is 2. The van der Waals surface area contributed by atoms with Gasteiger partial charge in [0, 0.05) is 12.8 Å². The monoisotopic (exact) mass is 1170 g/mol. The predicted octanol–water partition coefficient (Wildman–Crippen LogP) is 26.9. The Balaban J connectivity index is 3.34. The molecular formula is C78H152O5. The second kappa shape index (κ2) is 74.9. The highest BCUT2D eigenvalue weighted by molar-refractivity contribution is 5.70. The van der Waals surface area contributed by atoms with E-state index in [2.05, 4.69) is 26.0 Å². The van der Waals surface area contributed by atoms with Crippen LogP contribution in [0, 0.1) is 0 Å². The summed E-state index contributed by atoms with van der Waals surface area (Å²) in [6, 6.07) is 0. The summed E-state index contributed by atoms with van der Waals surface area (Å²) in [4.78, 5) is 24.7. The van der Waals surface area contributed by atoms with E-state index in [-0.39, 0.29) is 25.2 Å². The van der Waals surface area contributed by atoms with Crippen molar-refractivity contribution < 1.29 is 24.2 Å². The fourth-order valence-electron chi connectivity index (χ4n) is 12.5. The lowest BCUT2D eigenvalue weighted by Gasteiger charge is -2.15. The van der Waals surface area contributed by atoms with Gasteiger partial charge >= 0.3 is 11.9 Å². The normalized spacial score (nSPS) is 12.1. The average Bonchev–Trinajstić information content (AvgIpc) is 3.49. The molecule has 0 spiro atoms. The molecule has 0 rings (SSSR count). The minimum atomic E-state index is -0.768. The summed E-state index contributed by atoms with van der Waals surface area (Å²) in [5, 5.41) is 9.72. The van der Waals surface area contributed by atoms with Crippen molar-refractivity contribution in [1.29, 1.82) is 0 Å². The van der Waals surface area contributed by atoms with Crippen LogP contribution in [0.15, 0.2) is 12.2 Å². The lowest BCUT2D eigenvalue weighted by Crippen LogP contribution is -2.28. The molecule has 0 bridgehead atoms. The van der Waals surface area contributed by atoms with E-state index in [0.29, 0.717) is 12.8 Å². The lowest BCUT2D eigenvalue weighted by molar-refractivity contribution is -0.161. The van der Waals surface area contributed by atoms with Crippen molar-refractivity contribution in [3.63, 3.8) is 0 Å². The molecule has 0 heterocycles. The number of carbonyl (C=O) groups is 2. The third-order valence-electron chi connectivity index (χ3n) is 18.3. The topological polar surface area (TPSA) is 72.8 Å². The quantitative estimate of drug-likeness (QED) is 0.0373. The van der Waals surface area contributed by atoms with Crippen LogP contribution < -0.4 is 0 Å². The third-order valence-corrected chi connectivity index (χ3v) is 18.3. The van der Waals surface area contributed by atoms with Gasteiger partial charge in [-0.3, -0.25) is 9.59 Å². The molecule has 0 saturated carbocycles. The largest absolute Gasteiger partial charge is 0.462 e. The van der Waals surface area contributed by atoms with Crippen molar-refractivity contribution in [2.75, 3.05) is 13.2 Å². The smallest absolute Gasteiger partial charge is 0.306 e. The number of hydrogen-bond acceptors (Lipinski definition) is 5. The van der Waals surface area contributed by atoms with Crippen molar-refractivity contribution >= 4 is 11.9 Å². The maximum atomic E-state index is 12.4. The van der Waals surface area contributed by atoms with Gasteiger partial charge in [-0.1, -0.05) is 418 Å². The number of aliphatic hydroxyl groups is 1. The van der Waals surface area contributed by atoms with Gasteiger partial charge in [0.2, 0.25) is 0 Å². The molecule has 0 aromatic carbocycles. The first-order chi connectivity index (χ1) is 41.1. The van der Waals surface area contributed by atoms with Gasteiger partial charge in [-0.25, -0.2) is 0 Å². The highest BCUT2D eigenvalue weighted by Gasteiger charge is 2.16. The summed E-state index contributed by atoms with van der Waals surface area (Å²) >= 11 is 0. The summed E-state index contributed by atoms with van der Waals surface area (Å²) in [5.74, 6) is -0.559. The Labute approximate surface area is 521 Å². The molecule has 0 fully saturated rings. The van der Waals surface area contributed by atoms with Crippen LogP contribution in [0.1, 0.15) is 457 Å². The van der Waals surface area contributed by atoms with Crippen LogP contribution in [0.5, 0.6) is 0 Å². The van der Waals surface area contributed by atoms with Gasteiger partial charge in [0.15, 0.2) is 6.10 Å². The molecule has 83 heavy (non-hydrogen) atoms. The van der Waals surface area contributed by atoms with Crippen LogP contribution >= 0.6 is 0 Å². The zero-order chi connectivity index (χ0) is 59.8. The van der Waals surface area contributed by atoms with Gasteiger partial charge in [0.1, 0.15) is 6.61 Å². The van der Waals surface area contributed by atoms with Crippen molar-refractivity contribution in [3.8, 4) is 0 Å². The van der Waals surface area contributed by atoms with Gasteiger partial charge in [-0.2, -0.15) is 0 Å². The molecule has 0 aromatic rings. The molecule has 494 valence electrons. The first-order valence-corrected chi connectivity index (χ1v) is 38.7. The van der Waals surface area contributed by atoms with Crippen LogP contribution in [0.3, 0.4) is 0 Å². The minimum absolute atomic E-state index is 0.0566. The average molecular weight is 1170 g/mol. The molecule has 0 saturated heterocycles. The summed E-state index contributed by atoms with van der Waals surface area (Å²) in [6.07, 6.45) is 97.3. The molecule has 0 aliphatic heterocycles.